The Bertz CT molecular complexity index is 355. The van der Waals surface area contributed by atoms with Crippen LogP contribution in [0.4, 0.5) is 0 Å². The highest BCUT2D eigenvalue weighted by molar-refractivity contribution is 5.66. The van der Waals surface area contributed by atoms with Gasteiger partial charge < -0.3 is 10.8 Å². The molecule has 76 valence electrons. The van der Waals surface area contributed by atoms with Crippen molar-refractivity contribution in [1.82, 2.24) is 9.78 Å². The van der Waals surface area contributed by atoms with Crippen molar-refractivity contribution in [1.29, 1.82) is 0 Å². The minimum Gasteiger partial charge on any atom is -0.481 e. The third-order valence-electron chi connectivity index (χ3n) is 2.55. The average Bonchev–Trinajstić information content (AvgIpc) is 2.70. The molecule has 0 amide bonds. The van der Waals surface area contributed by atoms with Gasteiger partial charge in [0, 0.05) is 17.3 Å². The van der Waals surface area contributed by atoms with Crippen molar-refractivity contribution in [2.45, 2.75) is 31.3 Å². The van der Waals surface area contributed by atoms with Crippen molar-refractivity contribution >= 4 is 5.97 Å². The van der Waals surface area contributed by atoms with E-state index in [-0.39, 0.29) is 12.0 Å². The van der Waals surface area contributed by atoms with Crippen LogP contribution >= 0.6 is 0 Å². The molecule has 1 heterocycles. The Morgan fingerprint density at radius 1 is 1.71 bits per heavy atom. The molecule has 1 saturated carbocycles. The number of aliphatic carboxylic acids is 1. The second-order valence-electron chi connectivity index (χ2n) is 3.79. The number of aromatic nitrogens is 2. The molecule has 0 aromatic carbocycles. The zero-order chi connectivity index (χ0) is 10.2. The smallest absolute Gasteiger partial charge is 0.305 e. The van der Waals surface area contributed by atoms with Gasteiger partial charge in [-0.15, -0.1) is 0 Å². The summed E-state index contributed by atoms with van der Waals surface area (Å²) >= 11 is 0. The SMILES string of the molecule is NC1(c2cnn(CCC(=O)O)c2)CC1. The third kappa shape index (κ3) is 1.77. The maximum atomic E-state index is 10.3. The fourth-order valence-electron chi connectivity index (χ4n) is 1.38. The van der Waals surface area contributed by atoms with Crippen LogP contribution < -0.4 is 5.73 Å². The van der Waals surface area contributed by atoms with E-state index in [4.69, 9.17) is 10.8 Å². The van der Waals surface area contributed by atoms with Gasteiger partial charge in [0.25, 0.3) is 0 Å². The third-order valence-corrected chi connectivity index (χ3v) is 2.55. The van der Waals surface area contributed by atoms with Gasteiger partial charge in [0.05, 0.1) is 19.2 Å². The number of carboxylic acid groups (broad SMARTS) is 1. The topological polar surface area (TPSA) is 81.1 Å². The van der Waals surface area contributed by atoms with E-state index in [1.807, 2.05) is 6.20 Å². The van der Waals surface area contributed by atoms with Gasteiger partial charge in [0.2, 0.25) is 0 Å². The summed E-state index contributed by atoms with van der Waals surface area (Å²) in [6.07, 6.45) is 5.67. The molecule has 0 bridgehead atoms. The number of nitrogens with two attached hydrogens (primary N) is 1. The van der Waals surface area contributed by atoms with Crippen molar-refractivity contribution in [3.8, 4) is 0 Å². The molecule has 1 fully saturated rings. The lowest BCUT2D eigenvalue weighted by atomic mass is 10.1. The number of rotatable bonds is 4. The van der Waals surface area contributed by atoms with Crippen LogP contribution in [0.25, 0.3) is 0 Å². The summed E-state index contributed by atoms with van der Waals surface area (Å²) in [5.74, 6) is -0.809. The first-order valence-electron chi connectivity index (χ1n) is 4.64. The molecule has 0 spiro atoms. The van der Waals surface area contributed by atoms with Crippen molar-refractivity contribution in [3.63, 3.8) is 0 Å². The van der Waals surface area contributed by atoms with E-state index in [1.54, 1.807) is 10.9 Å². The molecule has 1 aliphatic carbocycles. The normalized spacial score (nSPS) is 18.1. The highest BCUT2D eigenvalue weighted by atomic mass is 16.4. The molecule has 1 aliphatic rings. The molecule has 5 nitrogen and oxygen atoms in total. The highest BCUT2D eigenvalue weighted by Crippen LogP contribution is 2.42. The van der Waals surface area contributed by atoms with Crippen LogP contribution in [0.2, 0.25) is 0 Å². The molecule has 0 aliphatic heterocycles. The summed E-state index contributed by atoms with van der Waals surface area (Å²) in [7, 11) is 0. The van der Waals surface area contributed by atoms with Crippen molar-refractivity contribution in [3.05, 3.63) is 18.0 Å². The van der Waals surface area contributed by atoms with Crippen LogP contribution in [0.1, 0.15) is 24.8 Å². The second kappa shape index (κ2) is 3.09. The number of aryl methyl sites for hydroxylation is 1. The first kappa shape index (κ1) is 9.21. The largest absolute Gasteiger partial charge is 0.481 e. The Balaban J connectivity index is 1.99. The average molecular weight is 195 g/mol. The first-order chi connectivity index (χ1) is 6.60. The Morgan fingerprint density at radius 2 is 2.43 bits per heavy atom. The summed E-state index contributed by atoms with van der Waals surface area (Å²) < 4.78 is 1.64. The first-order valence-corrected chi connectivity index (χ1v) is 4.64. The molecule has 0 unspecified atom stereocenters. The van der Waals surface area contributed by atoms with Gasteiger partial charge in [0.15, 0.2) is 0 Å². The number of hydrogen-bond donors (Lipinski definition) is 2. The van der Waals surface area contributed by atoms with E-state index >= 15 is 0 Å². The summed E-state index contributed by atoms with van der Waals surface area (Å²) in [6, 6.07) is 0. The number of nitrogens with zero attached hydrogens (tertiary/aromatic N) is 2. The van der Waals surface area contributed by atoms with Crippen LogP contribution in [0, 0.1) is 0 Å². The van der Waals surface area contributed by atoms with Crippen molar-refractivity contribution in [2.75, 3.05) is 0 Å². The van der Waals surface area contributed by atoms with Gasteiger partial charge in [-0.1, -0.05) is 0 Å². The lowest BCUT2D eigenvalue weighted by Gasteiger charge is -2.02. The molecular weight excluding hydrogens is 182 g/mol. The fourth-order valence-corrected chi connectivity index (χ4v) is 1.38. The van der Waals surface area contributed by atoms with Gasteiger partial charge in [-0.05, 0) is 12.8 Å². The maximum Gasteiger partial charge on any atom is 0.305 e. The summed E-state index contributed by atoms with van der Waals surface area (Å²) in [6.45, 7) is 0.408. The molecule has 0 atom stereocenters. The van der Waals surface area contributed by atoms with Gasteiger partial charge in [-0.2, -0.15) is 5.10 Å². The van der Waals surface area contributed by atoms with Crippen LogP contribution in [-0.2, 0) is 16.9 Å². The molecule has 1 aromatic rings. The zero-order valence-corrected chi connectivity index (χ0v) is 7.81. The van der Waals surface area contributed by atoms with Gasteiger partial charge >= 0.3 is 5.97 Å². The Hall–Kier alpha value is -1.36. The van der Waals surface area contributed by atoms with Gasteiger partial charge in [0.1, 0.15) is 0 Å². The molecule has 0 radical (unpaired) electrons. The highest BCUT2D eigenvalue weighted by Gasteiger charge is 2.40. The van der Waals surface area contributed by atoms with Gasteiger partial charge in [-0.3, -0.25) is 9.48 Å². The molecular formula is C9H13N3O2. The maximum absolute atomic E-state index is 10.3. The van der Waals surface area contributed by atoms with Crippen LogP contribution in [-0.4, -0.2) is 20.9 Å². The van der Waals surface area contributed by atoms with E-state index < -0.39 is 5.97 Å². The van der Waals surface area contributed by atoms with Crippen LogP contribution in [0.15, 0.2) is 12.4 Å². The molecule has 14 heavy (non-hydrogen) atoms. The monoisotopic (exact) mass is 195 g/mol. The fraction of sp³-hybridized carbons (Fsp3) is 0.556. The Kier molecular flexibility index (Phi) is 2.03. The minimum absolute atomic E-state index is 0.0959. The predicted molar refractivity (Wildman–Crippen MR) is 49.6 cm³/mol. The minimum atomic E-state index is -0.809. The molecule has 1 aromatic heterocycles. The van der Waals surface area contributed by atoms with Crippen molar-refractivity contribution in [2.24, 2.45) is 5.73 Å². The van der Waals surface area contributed by atoms with Crippen LogP contribution in [0.5, 0.6) is 0 Å². The van der Waals surface area contributed by atoms with E-state index in [0.29, 0.717) is 6.54 Å². The molecule has 0 saturated heterocycles. The predicted octanol–water partition coefficient (Wildman–Crippen LogP) is 0.306. The zero-order valence-electron chi connectivity index (χ0n) is 7.81. The number of carbonyl (C=O) groups is 1. The Labute approximate surface area is 81.5 Å². The quantitative estimate of drug-likeness (QED) is 0.724. The lowest BCUT2D eigenvalue weighted by molar-refractivity contribution is -0.137. The van der Waals surface area contributed by atoms with E-state index in [1.165, 1.54) is 0 Å². The lowest BCUT2D eigenvalue weighted by Crippen LogP contribution is -2.17. The number of carboxylic acids is 1. The number of hydrogen-bond acceptors (Lipinski definition) is 3. The summed E-state index contributed by atoms with van der Waals surface area (Å²) in [5, 5.41) is 12.6. The Morgan fingerprint density at radius 3 is 3.00 bits per heavy atom. The van der Waals surface area contributed by atoms with E-state index in [2.05, 4.69) is 5.10 Å². The molecule has 2 rings (SSSR count). The summed E-state index contributed by atoms with van der Waals surface area (Å²) in [5.41, 5.74) is 6.80. The molecule has 3 N–H and O–H groups in total. The van der Waals surface area contributed by atoms with Crippen LogP contribution in [0.3, 0.4) is 0 Å². The van der Waals surface area contributed by atoms with Crippen molar-refractivity contribution < 1.29 is 9.90 Å². The second-order valence-corrected chi connectivity index (χ2v) is 3.79. The summed E-state index contributed by atoms with van der Waals surface area (Å²) in [4.78, 5) is 10.3. The standard InChI is InChI=1S/C9H13N3O2/c10-9(2-3-9)7-5-11-12(6-7)4-1-8(13)14/h5-6H,1-4,10H2,(H,13,14). The van der Waals surface area contributed by atoms with E-state index in [0.717, 1.165) is 18.4 Å². The van der Waals surface area contributed by atoms with E-state index in [9.17, 15) is 4.79 Å². The van der Waals surface area contributed by atoms with Gasteiger partial charge in [-0.25, -0.2) is 0 Å². The molecule has 5 heteroatoms.